The number of fused-ring (bicyclic) bond motifs is 1. The van der Waals surface area contributed by atoms with Crippen molar-refractivity contribution in [3.63, 3.8) is 0 Å². The summed E-state index contributed by atoms with van der Waals surface area (Å²) in [6, 6.07) is 5.59. The average Bonchev–Trinajstić information content (AvgIpc) is 2.63. The normalized spacial score (nSPS) is 11.1. The van der Waals surface area contributed by atoms with Gasteiger partial charge in [-0.05, 0) is 44.6 Å². The third-order valence-electron chi connectivity index (χ3n) is 2.93. The Morgan fingerprint density at radius 2 is 2.19 bits per heavy atom. The number of aromatic nitrogens is 1. The first-order valence-corrected chi connectivity index (χ1v) is 5.71. The molecule has 16 heavy (non-hydrogen) atoms. The standard InChI is InChI=1S/C13H18N2O/c1-3-15-9-10(6-7-14-2)12-5-4-11(16)8-13(12)15/h4-5,8-9,14,16H,3,6-7H2,1-2H3. The molecule has 0 bridgehead atoms. The number of aryl methyl sites for hydroxylation is 1. The van der Waals surface area contributed by atoms with E-state index in [1.807, 2.05) is 19.2 Å². The molecule has 0 atom stereocenters. The SMILES string of the molecule is CCn1cc(CCNC)c2ccc(O)cc21. The van der Waals surface area contributed by atoms with Gasteiger partial charge in [0.2, 0.25) is 0 Å². The van der Waals surface area contributed by atoms with Gasteiger partial charge in [-0.3, -0.25) is 0 Å². The number of hydrogen-bond donors (Lipinski definition) is 2. The van der Waals surface area contributed by atoms with E-state index < -0.39 is 0 Å². The van der Waals surface area contributed by atoms with Gasteiger partial charge in [-0.25, -0.2) is 0 Å². The highest BCUT2D eigenvalue weighted by molar-refractivity contribution is 5.85. The zero-order valence-corrected chi connectivity index (χ0v) is 9.83. The summed E-state index contributed by atoms with van der Waals surface area (Å²) in [7, 11) is 1.96. The molecular formula is C13H18N2O. The molecule has 1 aromatic heterocycles. The highest BCUT2D eigenvalue weighted by Crippen LogP contribution is 2.25. The second kappa shape index (κ2) is 4.58. The Bertz CT molecular complexity index is 488. The van der Waals surface area contributed by atoms with Crippen LogP contribution in [0, 0.1) is 0 Å². The van der Waals surface area contributed by atoms with Crippen LogP contribution in [-0.4, -0.2) is 23.3 Å². The Kier molecular flexibility index (Phi) is 3.15. The monoisotopic (exact) mass is 218 g/mol. The summed E-state index contributed by atoms with van der Waals surface area (Å²) in [4.78, 5) is 0. The second-order valence-corrected chi connectivity index (χ2v) is 4.00. The highest BCUT2D eigenvalue weighted by Gasteiger charge is 2.07. The van der Waals surface area contributed by atoms with E-state index in [1.165, 1.54) is 10.9 Å². The van der Waals surface area contributed by atoms with Crippen molar-refractivity contribution in [2.24, 2.45) is 0 Å². The van der Waals surface area contributed by atoms with Gasteiger partial charge < -0.3 is 15.0 Å². The zero-order valence-electron chi connectivity index (χ0n) is 9.83. The van der Waals surface area contributed by atoms with E-state index in [2.05, 4.69) is 23.0 Å². The van der Waals surface area contributed by atoms with Crippen molar-refractivity contribution < 1.29 is 5.11 Å². The van der Waals surface area contributed by atoms with Crippen LogP contribution in [0.5, 0.6) is 5.75 Å². The number of nitrogens with zero attached hydrogens (tertiary/aromatic N) is 1. The fraction of sp³-hybridized carbons (Fsp3) is 0.385. The number of nitrogens with one attached hydrogen (secondary N) is 1. The molecule has 0 aliphatic carbocycles. The lowest BCUT2D eigenvalue weighted by molar-refractivity contribution is 0.476. The van der Waals surface area contributed by atoms with Crippen molar-refractivity contribution in [1.29, 1.82) is 0 Å². The summed E-state index contributed by atoms with van der Waals surface area (Å²) in [5, 5.41) is 13.9. The summed E-state index contributed by atoms with van der Waals surface area (Å²) >= 11 is 0. The molecule has 3 heteroatoms. The van der Waals surface area contributed by atoms with Gasteiger partial charge in [0.1, 0.15) is 5.75 Å². The van der Waals surface area contributed by atoms with Gasteiger partial charge in [-0.15, -0.1) is 0 Å². The average molecular weight is 218 g/mol. The molecule has 3 nitrogen and oxygen atoms in total. The van der Waals surface area contributed by atoms with Crippen molar-refractivity contribution >= 4 is 10.9 Å². The molecule has 0 radical (unpaired) electrons. The first-order chi connectivity index (χ1) is 7.76. The van der Waals surface area contributed by atoms with Crippen molar-refractivity contribution in [3.05, 3.63) is 30.0 Å². The Labute approximate surface area is 95.7 Å². The molecule has 0 saturated heterocycles. The van der Waals surface area contributed by atoms with Gasteiger partial charge in [0.05, 0.1) is 5.52 Å². The number of aromatic hydroxyl groups is 1. The van der Waals surface area contributed by atoms with Crippen LogP contribution in [0.3, 0.4) is 0 Å². The molecule has 0 fully saturated rings. The summed E-state index contributed by atoms with van der Waals surface area (Å²) in [5.74, 6) is 0.334. The fourth-order valence-corrected chi connectivity index (χ4v) is 2.08. The van der Waals surface area contributed by atoms with E-state index in [4.69, 9.17) is 0 Å². The molecule has 0 spiro atoms. The Hall–Kier alpha value is -1.48. The lowest BCUT2D eigenvalue weighted by Crippen LogP contribution is -2.09. The number of benzene rings is 1. The van der Waals surface area contributed by atoms with Gasteiger partial charge in [0.25, 0.3) is 0 Å². The van der Waals surface area contributed by atoms with Crippen LogP contribution in [0.4, 0.5) is 0 Å². The molecule has 0 aliphatic heterocycles. The van der Waals surface area contributed by atoms with Crippen LogP contribution >= 0.6 is 0 Å². The second-order valence-electron chi connectivity index (χ2n) is 4.00. The van der Waals surface area contributed by atoms with Crippen molar-refractivity contribution in [2.45, 2.75) is 19.9 Å². The summed E-state index contributed by atoms with van der Waals surface area (Å²) in [6.07, 6.45) is 3.20. The van der Waals surface area contributed by atoms with Gasteiger partial charge in [0, 0.05) is 24.2 Å². The molecule has 0 amide bonds. The van der Waals surface area contributed by atoms with E-state index >= 15 is 0 Å². The first-order valence-electron chi connectivity index (χ1n) is 5.71. The number of phenolic OH excluding ortho intramolecular Hbond substituents is 1. The van der Waals surface area contributed by atoms with E-state index in [-0.39, 0.29) is 0 Å². The number of phenols is 1. The summed E-state index contributed by atoms with van der Waals surface area (Å²) < 4.78 is 2.18. The Morgan fingerprint density at radius 3 is 2.88 bits per heavy atom. The van der Waals surface area contributed by atoms with E-state index in [9.17, 15) is 5.11 Å². The predicted molar refractivity (Wildman–Crippen MR) is 66.9 cm³/mol. The first kappa shape index (κ1) is 11.0. The number of rotatable bonds is 4. The molecule has 2 N–H and O–H groups in total. The molecule has 0 saturated carbocycles. The number of likely N-dealkylation sites (N-methyl/N-ethyl adjacent to an activating group) is 1. The van der Waals surface area contributed by atoms with Gasteiger partial charge in [-0.2, -0.15) is 0 Å². The van der Waals surface area contributed by atoms with E-state index in [1.54, 1.807) is 6.07 Å². The Morgan fingerprint density at radius 1 is 1.38 bits per heavy atom. The highest BCUT2D eigenvalue weighted by atomic mass is 16.3. The molecular weight excluding hydrogens is 200 g/mol. The molecule has 86 valence electrons. The minimum Gasteiger partial charge on any atom is -0.508 e. The molecule has 0 unspecified atom stereocenters. The van der Waals surface area contributed by atoms with Crippen molar-refractivity contribution in [1.82, 2.24) is 9.88 Å². The fourth-order valence-electron chi connectivity index (χ4n) is 2.08. The third-order valence-corrected chi connectivity index (χ3v) is 2.93. The van der Waals surface area contributed by atoms with Crippen molar-refractivity contribution in [3.8, 4) is 5.75 Å². The van der Waals surface area contributed by atoms with E-state index in [0.717, 1.165) is 25.0 Å². The van der Waals surface area contributed by atoms with Gasteiger partial charge in [0.15, 0.2) is 0 Å². The lowest BCUT2D eigenvalue weighted by atomic mass is 10.1. The van der Waals surface area contributed by atoms with Crippen LogP contribution in [-0.2, 0) is 13.0 Å². The molecule has 1 heterocycles. The lowest BCUT2D eigenvalue weighted by Gasteiger charge is -2.00. The molecule has 0 aliphatic rings. The van der Waals surface area contributed by atoms with Gasteiger partial charge in [-0.1, -0.05) is 0 Å². The van der Waals surface area contributed by atoms with Crippen LogP contribution in [0.15, 0.2) is 24.4 Å². The van der Waals surface area contributed by atoms with Gasteiger partial charge >= 0.3 is 0 Å². The van der Waals surface area contributed by atoms with Crippen molar-refractivity contribution in [2.75, 3.05) is 13.6 Å². The maximum Gasteiger partial charge on any atom is 0.117 e. The smallest absolute Gasteiger partial charge is 0.117 e. The van der Waals surface area contributed by atoms with E-state index in [0.29, 0.717) is 5.75 Å². The topological polar surface area (TPSA) is 37.2 Å². The van der Waals surface area contributed by atoms with Crippen LogP contribution < -0.4 is 5.32 Å². The molecule has 2 aromatic rings. The maximum absolute atomic E-state index is 9.51. The van der Waals surface area contributed by atoms with Crippen LogP contribution in [0.25, 0.3) is 10.9 Å². The maximum atomic E-state index is 9.51. The molecule has 1 aromatic carbocycles. The largest absolute Gasteiger partial charge is 0.508 e. The minimum atomic E-state index is 0.334. The summed E-state index contributed by atoms with van der Waals surface area (Å²) in [6.45, 7) is 4.02. The Balaban J connectivity index is 2.50. The third kappa shape index (κ3) is 1.91. The van der Waals surface area contributed by atoms with Crippen LogP contribution in [0.2, 0.25) is 0 Å². The van der Waals surface area contributed by atoms with Crippen LogP contribution in [0.1, 0.15) is 12.5 Å². The predicted octanol–water partition coefficient (Wildman–Crippen LogP) is 2.13. The molecule has 2 rings (SSSR count). The number of hydrogen-bond acceptors (Lipinski definition) is 2. The quantitative estimate of drug-likeness (QED) is 0.825. The zero-order chi connectivity index (χ0) is 11.5. The minimum absolute atomic E-state index is 0.334. The summed E-state index contributed by atoms with van der Waals surface area (Å²) in [5.41, 5.74) is 2.46.